The van der Waals surface area contributed by atoms with Crippen molar-refractivity contribution in [2.24, 2.45) is 5.41 Å². The molecule has 1 aromatic carbocycles. The van der Waals surface area contributed by atoms with Crippen LogP contribution in [0.2, 0.25) is 0 Å². The van der Waals surface area contributed by atoms with Crippen LogP contribution in [0.25, 0.3) is 0 Å². The van der Waals surface area contributed by atoms with Crippen molar-refractivity contribution in [1.29, 1.82) is 0 Å². The van der Waals surface area contributed by atoms with Gasteiger partial charge in [-0.05, 0) is 45.8 Å². The number of benzene rings is 1. The average Bonchev–Trinajstić information content (AvgIpc) is 2.22. The van der Waals surface area contributed by atoms with Crippen LogP contribution >= 0.6 is 0 Å². The third-order valence-corrected chi connectivity index (χ3v) is 3.89. The Bertz CT molecular complexity index is 412. The van der Waals surface area contributed by atoms with E-state index in [-0.39, 0.29) is 10.8 Å². The summed E-state index contributed by atoms with van der Waals surface area (Å²) >= 11 is 0. The first-order valence-corrected chi connectivity index (χ1v) is 7.94. The fourth-order valence-corrected chi connectivity index (χ4v) is 2.22. The number of aryl methyl sites for hydroxylation is 1. The molecule has 0 nitrogen and oxygen atoms in total. The van der Waals surface area contributed by atoms with Gasteiger partial charge in [0.05, 0.1) is 0 Å². The van der Waals surface area contributed by atoms with Crippen molar-refractivity contribution < 1.29 is 0 Å². The first-order chi connectivity index (χ1) is 8.79. The molecule has 114 valence electrons. The standard InChI is InChI=1S/C20H34/c1-18(2,3)11-10-15-12-16(19(4,5)6)14-17(13-15)20(7,8)9/h12-14H,10-11H2,1-9H3. The lowest BCUT2D eigenvalue weighted by Gasteiger charge is -2.27. The van der Waals surface area contributed by atoms with Crippen molar-refractivity contribution >= 4 is 0 Å². The van der Waals surface area contributed by atoms with E-state index in [9.17, 15) is 0 Å². The smallest absolute Gasteiger partial charge is 0.0132 e. The molecule has 20 heavy (non-hydrogen) atoms. The Morgan fingerprint density at radius 1 is 0.650 bits per heavy atom. The van der Waals surface area contributed by atoms with Gasteiger partial charge in [0.15, 0.2) is 0 Å². The van der Waals surface area contributed by atoms with Gasteiger partial charge in [0.25, 0.3) is 0 Å². The maximum atomic E-state index is 2.42. The fourth-order valence-electron chi connectivity index (χ4n) is 2.22. The largest absolute Gasteiger partial charge is 0.0602 e. The molecule has 0 saturated heterocycles. The Labute approximate surface area is 127 Å². The number of hydrogen-bond donors (Lipinski definition) is 0. The second kappa shape index (κ2) is 5.54. The van der Waals surface area contributed by atoms with Crippen LogP contribution in [-0.2, 0) is 17.3 Å². The molecule has 1 rings (SSSR count). The van der Waals surface area contributed by atoms with Crippen molar-refractivity contribution in [3.8, 4) is 0 Å². The zero-order chi connectivity index (χ0) is 15.8. The highest BCUT2D eigenvalue weighted by atomic mass is 14.3. The molecular weight excluding hydrogens is 240 g/mol. The molecule has 0 aliphatic rings. The van der Waals surface area contributed by atoms with Gasteiger partial charge in [-0.1, -0.05) is 80.5 Å². The van der Waals surface area contributed by atoms with Crippen LogP contribution in [0.5, 0.6) is 0 Å². The molecule has 0 atom stereocenters. The van der Waals surface area contributed by atoms with Crippen molar-refractivity contribution in [3.63, 3.8) is 0 Å². The van der Waals surface area contributed by atoms with Gasteiger partial charge in [0.1, 0.15) is 0 Å². The van der Waals surface area contributed by atoms with E-state index in [1.807, 2.05) is 0 Å². The highest BCUT2D eigenvalue weighted by Crippen LogP contribution is 2.31. The van der Waals surface area contributed by atoms with Crippen LogP contribution in [0.4, 0.5) is 0 Å². The molecule has 0 saturated carbocycles. The lowest BCUT2D eigenvalue weighted by atomic mass is 9.78. The van der Waals surface area contributed by atoms with Crippen LogP contribution < -0.4 is 0 Å². The second-order valence-corrected chi connectivity index (χ2v) is 9.48. The van der Waals surface area contributed by atoms with E-state index in [0.717, 1.165) is 0 Å². The summed E-state index contributed by atoms with van der Waals surface area (Å²) in [5.74, 6) is 0. The normalized spacial score (nSPS) is 13.7. The van der Waals surface area contributed by atoms with Crippen LogP contribution in [0.15, 0.2) is 18.2 Å². The Morgan fingerprint density at radius 3 is 1.35 bits per heavy atom. The van der Waals surface area contributed by atoms with Crippen molar-refractivity contribution in [1.82, 2.24) is 0 Å². The zero-order valence-electron chi connectivity index (χ0n) is 15.1. The van der Waals surface area contributed by atoms with Gasteiger partial charge in [0, 0.05) is 0 Å². The van der Waals surface area contributed by atoms with Crippen LogP contribution in [0.1, 0.15) is 85.4 Å². The number of hydrogen-bond acceptors (Lipinski definition) is 0. The van der Waals surface area contributed by atoms with Gasteiger partial charge in [-0.25, -0.2) is 0 Å². The molecule has 0 bridgehead atoms. The number of rotatable bonds is 2. The quantitative estimate of drug-likeness (QED) is 0.597. The molecule has 0 radical (unpaired) electrons. The fraction of sp³-hybridized carbons (Fsp3) is 0.700. The van der Waals surface area contributed by atoms with E-state index in [1.165, 1.54) is 29.5 Å². The summed E-state index contributed by atoms with van der Waals surface area (Å²) < 4.78 is 0. The first-order valence-electron chi connectivity index (χ1n) is 7.94. The van der Waals surface area contributed by atoms with E-state index in [2.05, 4.69) is 80.5 Å². The molecule has 0 fully saturated rings. The lowest BCUT2D eigenvalue weighted by molar-refractivity contribution is 0.378. The van der Waals surface area contributed by atoms with Gasteiger partial charge < -0.3 is 0 Å². The zero-order valence-corrected chi connectivity index (χ0v) is 15.1. The highest BCUT2D eigenvalue weighted by molar-refractivity contribution is 5.37. The minimum Gasteiger partial charge on any atom is -0.0602 e. The summed E-state index contributed by atoms with van der Waals surface area (Å²) in [6, 6.07) is 7.24. The monoisotopic (exact) mass is 274 g/mol. The Balaban J connectivity index is 3.18. The van der Waals surface area contributed by atoms with E-state index in [4.69, 9.17) is 0 Å². The van der Waals surface area contributed by atoms with E-state index < -0.39 is 0 Å². The molecule has 0 unspecified atom stereocenters. The summed E-state index contributed by atoms with van der Waals surface area (Å²) in [5.41, 5.74) is 5.27. The maximum Gasteiger partial charge on any atom is -0.0132 e. The van der Waals surface area contributed by atoms with Crippen molar-refractivity contribution in [3.05, 3.63) is 34.9 Å². The molecule has 0 heterocycles. The van der Waals surface area contributed by atoms with Gasteiger partial charge in [0.2, 0.25) is 0 Å². The molecule has 0 N–H and O–H groups in total. The first kappa shape index (κ1) is 17.3. The van der Waals surface area contributed by atoms with Crippen molar-refractivity contribution in [2.45, 2.75) is 86.0 Å². The molecule has 0 spiro atoms. The van der Waals surface area contributed by atoms with Crippen LogP contribution in [-0.4, -0.2) is 0 Å². The van der Waals surface area contributed by atoms with Gasteiger partial charge >= 0.3 is 0 Å². The minimum atomic E-state index is 0.220. The third-order valence-electron chi connectivity index (χ3n) is 3.89. The van der Waals surface area contributed by atoms with E-state index in [1.54, 1.807) is 0 Å². The van der Waals surface area contributed by atoms with Crippen molar-refractivity contribution in [2.75, 3.05) is 0 Å². The summed E-state index contributed by atoms with van der Waals surface area (Å²) in [5, 5.41) is 0. The van der Waals surface area contributed by atoms with Gasteiger partial charge in [-0.15, -0.1) is 0 Å². The predicted molar refractivity (Wildman–Crippen MR) is 91.6 cm³/mol. The van der Waals surface area contributed by atoms with Gasteiger partial charge in [-0.2, -0.15) is 0 Å². The summed E-state index contributed by atoms with van der Waals surface area (Å²) in [6.45, 7) is 20.8. The Morgan fingerprint density at radius 2 is 1.05 bits per heavy atom. The highest BCUT2D eigenvalue weighted by Gasteiger charge is 2.21. The predicted octanol–water partition coefficient (Wildman–Crippen LogP) is 6.26. The third kappa shape index (κ3) is 5.31. The Kier molecular flexibility index (Phi) is 4.79. The molecule has 0 aromatic heterocycles. The lowest BCUT2D eigenvalue weighted by Crippen LogP contribution is -2.17. The summed E-state index contributed by atoms with van der Waals surface area (Å²) in [7, 11) is 0. The SMILES string of the molecule is CC(C)(C)CCc1cc(C(C)(C)C)cc(C(C)(C)C)c1. The minimum absolute atomic E-state index is 0.220. The van der Waals surface area contributed by atoms with Gasteiger partial charge in [-0.3, -0.25) is 0 Å². The molecule has 0 heteroatoms. The van der Waals surface area contributed by atoms with E-state index in [0.29, 0.717) is 5.41 Å². The molecule has 0 aliphatic carbocycles. The summed E-state index contributed by atoms with van der Waals surface area (Å²) in [6.07, 6.45) is 2.42. The van der Waals surface area contributed by atoms with Crippen LogP contribution in [0, 0.1) is 5.41 Å². The average molecular weight is 274 g/mol. The molecule has 0 aliphatic heterocycles. The second-order valence-electron chi connectivity index (χ2n) is 9.48. The topological polar surface area (TPSA) is 0 Å². The molecule has 1 aromatic rings. The Hall–Kier alpha value is -0.780. The summed E-state index contributed by atoms with van der Waals surface area (Å²) in [4.78, 5) is 0. The van der Waals surface area contributed by atoms with E-state index >= 15 is 0 Å². The van der Waals surface area contributed by atoms with Crippen LogP contribution in [0.3, 0.4) is 0 Å². The maximum absolute atomic E-state index is 2.42. The molecular formula is C20H34. The molecule has 0 amide bonds.